The van der Waals surface area contributed by atoms with E-state index in [0.29, 0.717) is 171 Å². The Bertz CT molecular complexity index is 6280. The summed E-state index contributed by atoms with van der Waals surface area (Å²) in [5, 5.41) is 41.3. The van der Waals surface area contributed by atoms with Gasteiger partial charge in [0.25, 0.3) is 17.7 Å². The molecule has 0 spiro atoms. The number of carbonyl (C=O) groups excluding carboxylic acids is 10. The zero-order chi connectivity index (χ0) is 100. The van der Waals surface area contributed by atoms with E-state index >= 15 is 0 Å². The molecule has 0 aliphatic rings. The molecule has 0 radical (unpaired) electrons. The van der Waals surface area contributed by atoms with Crippen LogP contribution in [-0.2, 0) is 47.7 Å². The molecule has 138 heavy (non-hydrogen) atoms. The fraction of sp³-hybridized carbons (Fsp3) is 0.388. The normalized spacial score (nSPS) is 10.8. The molecule has 0 unspecified atom stereocenters. The molecule has 0 aliphatic heterocycles. The number of aliphatic hydroxyl groups excluding tert-OH is 1. The standard InChI is InChI=1S/C34H39NO10S2.C30H31NO10S2.C18H22O6S.C16H19NO5S/c1-6-42-32(37)10-9-23(36)30-17-21-15-26(24(40-4)19-28(21)46-30)44-13-8-14-45-27-16-22-18-31(47-29(22)20-25(27)41-5)34(39)35(3)12-11-33(38)43-7-2;1-31(8-7-29(35)36)30(37)27-14-18-12-23(21(39-3)16-25(18)43-27)41-10-4-9-40-22-11-17-13-26(19(32)5-6-28(33)34)42-24(17)15-20(22)38-2;1-3-23-18(21)6-5-13(20)17-10-12-9-15(24-8-4-7-19)14(22-2)11-16(12)25-17;1-4-22-15(19)5-6-17(2)16(20)14-8-10-7-11(18)12(21-3)9-13(10)23-14/h15-20H,6-14H2,1-5H3;11-16H,4-10H2,1-3H3,(H,33,34)(H,35,36);9-11,19H,3-8H2,1-2H3;7-9,18H,4-6H2,1-3H3. The summed E-state index contributed by atoms with van der Waals surface area (Å²) in [4.78, 5) is 151. The van der Waals surface area contributed by atoms with Crippen molar-refractivity contribution in [2.45, 2.75) is 105 Å². The molecule has 0 fully saturated rings. The molecule has 12 rings (SSSR count). The van der Waals surface area contributed by atoms with Gasteiger partial charge >= 0.3 is 35.8 Å². The SMILES string of the molecule is CCOC(=O)CCC(=O)c1cc2cc(OCCCO)c(OC)cc2s1.CCOC(=O)CCC(=O)c1cc2cc(OCCCOc3cc4cc(C(=O)N(C)CCC(=O)OCC)sc4cc3OC)c(OC)cc2s1.CCOC(=O)CCN(C)C(=O)c1cc2cc(O)c(OC)cc2s1.COc1cc2sc(C(=O)CCC(=O)O)cc2cc1OCCCOc1cc2cc(C(=O)N(C)CCC(=O)O)sc2cc1OC. The minimum atomic E-state index is -1.01. The molecule has 0 saturated carbocycles. The van der Waals surface area contributed by atoms with Gasteiger partial charge in [-0.15, -0.1) is 68.0 Å². The lowest BCUT2D eigenvalue weighted by Crippen LogP contribution is -2.28. The summed E-state index contributed by atoms with van der Waals surface area (Å²) in [6.45, 7) is 10.6. The highest BCUT2D eigenvalue weighted by Gasteiger charge is 2.26. The lowest BCUT2D eigenvalue weighted by atomic mass is 10.1. The van der Waals surface area contributed by atoms with E-state index in [1.165, 1.54) is 104 Å². The van der Waals surface area contributed by atoms with E-state index in [-0.39, 0.29) is 149 Å². The fourth-order valence-electron chi connectivity index (χ4n) is 13.2. The van der Waals surface area contributed by atoms with E-state index in [2.05, 4.69) is 0 Å². The Morgan fingerprint density at radius 1 is 0.275 bits per heavy atom. The quantitative estimate of drug-likeness (QED) is 0.0119. The molecule has 6 aromatic heterocycles. The number of hydrogen-bond donors (Lipinski definition) is 4. The topological polar surface area (TPSA) is 434 Å². The second-order valence-corrected chi connectivity index (χ2v) is 36.7. The van der Waals surface area contributed by atoms with Crippen molar-refractivity contribution in [3.8, 4) is 69.0 Å². The molecule has 4 N–H and O–H groups in total. The van der Waals surface area contributed by atoms with Gasteiger partial charge in [0.1, 0.15) is 0 Å². The third-order valence-electron chi connectivity index (χ3n) is 20.4. The largest absolute Gasteiger partial charge is 0.504 e. The minimum absolute atomic E-state index is 0.0347. The summed E-state index contributed by atoms with van der Waals surface area (Å²) in [5.41, 5.74) is 0. The van der Waals surface area contributed by atoms with Crippen LogP contribution in [0.4, 0.5) is 0 Å². The lowest BCUT2D eigenvalue weighted by Gasteiger charge is -2.15. The summed E-state index contributed by atoms with van der Waals surface area (Å²) >= 11 is 7.95. The van der Waals surface area contributed by atoms with Gasteiger partial charge in [0, 0.05) is 151 Å². The molecule has 740 valence electrons. The molecule has 6 aromatic carbocycles. The predicted octanol–water partition coefficient (Wildman–Crippen LogP) is 17.9. The van der Waals surface area contributed by atoms with E-state index in [9.17, 15) is 62.6 Å². The lowest BCUT2D eigenvalue weighted by molar-refractivity contribution is -0.144. The number of aliphatic hydroxyl groups is 1. The predicted molar refractivity (Wildman–Crippen MR) is 528 cm³/mol. The fourth-order valence-corrected chi connectivity index (χ4v) is 19.6. The van der Waals surface area contributed by atoms with Gasteiger partial charge < -0.3 is 106 Å². The van der Waals surface area contributed by atoms with Crippen molar-refractivity contribution in [1.29, 1.82) is 0 Å². The van der Waals surface area contributed by atoms with Crippen LogP contribution in [0.5, 0.6) is 69.0 Å². The number of hydrogen-bond acceptors (Lipinski definition) is 35. The van der Waals surface area contributed by atoms with Crippen molar-refractivity contribution >= 4 is 199 Å². The van der Waals surface area contributed by atoms with E-state index in [1.807, 2.05) is 54.6 Å². The van der Waals surface area contributed by atoms with Crippen LogP contribution in [-0.4, -0.2) is 256 Å². The second kappa shape index (κ2) is 54.1. The van der Waals surface area contributed by atoms with Crippen molar-refractivity contribution in [3.63, 3.8) is 0 Å². The molecule has 0 saturated heterocycles. The van der Waals surface area contributed by atoms with Crippen molar-refractivity contribution in [1.82, 2.24) is 14.7 Å². The van der Waals surface area contributed by atoms with Crippen molar-refractivity contribution in [2.75, 3.05) is 150 Å². The molecular formula is C98H111N3O31S6. The number of nitrogens with zero attached hydrogens (tertiary/aromatic N) is 3. The third kappa shape index (κ3) is 31.2. The summed E-state index contributed by atoms with van der Waals surface area (Å²) in [7, 11) is 14.1. The Balaban J connectivity index is 0.000000215. The van der Waals surface area contributed by atoms with Crippen LogP contribution in [0.25, 0.3) is 60.5 Å². The van der Waals surface area contributed by atoms with Crippen LogP contribution in [0.1, 0.15) is 163 Å². The molecule has 40 heteroatoms. The number of carboxylic acid groups (broad SMARTS) is 2. The van der Waals surface area contributed by atoms with Gasteiger partial charge in [0.05, 0.1) is 170 Å². The van der Waals surface area contributed by atoms with Crippen molar-refractivity contribution < 1.29 is 149 Å². The van der Waals surface area contributed by atoms with Gasteiger partial charge in [-0.25, -0.2) is 0 Å². The Morgan fingerprint density at radius 3 is 0.768 bits per heavy atom. The van der Waals surface area contributed by atoms with Gasteiger partial charge in [-0.1, -0.05) is 0 Å². The number of methoxy groups -OCH3 is 6. The summed E-state index contributed by atoms with van der Waals surface area (Å²) < 4.78 is 86.8. The van der Waals surface area contributed by atoms with Gasteiger partial charge in [0.15, 0.2) is 86.3 Å². The molecular weight excluding hydrogens is 1910 g/mol. The Kier molecular flexibility index (Phi) is 42.6. The zero-order valence-corrected chi connectivity index (χ0v) is 83.6. The molecule has 3 amide bonds. The van der Waals surface area contributed by atoms with E-state index in [0.717, 1.165) is 60.5 Å². The number of aromatic hydroxyl groups is 1. The van der Waals surface area contributed by atoms with Gasteiger partial charge in [0.2, 0.25) is 0 Å². The highest BCUT2D eigenvalue weighted by molar-refractivity contribution is 7.22. The zero-order valence-electron chi connectivity index (χ0n) is 78.7. The maximum absolute atomic E-state index is 13.0. The molecule has 0 aliphatic carbocycles. The summed E-state index contributed by atoms with van der Waals surface area (Å²) in [6.07, 6.45) is 1.86. The minimum Gasteiger partial charge on any atom is -0.504 e. The van der Waals surface area contributed by atoms with Crippen LogP contribution in [0.2, 0.25) is 0 Å². The average Bonchev–Trinajstić information content (AvgIpc) is 1.66. The second-order valence-electron chi connectivity index (χ2n) is 30.2. The molecule has 6 heterocycles. The number of amides is 3. The Hall–Kier alpha value is -13.1. The van der Waals surface area contributed by atoms with Gasteiger partial charge in [-0.2, -0.15) is 0 Å². The van der Waals surface area contributed by atoms with Crippen LogP contribution in [0, 0.1) is 0 Å². The number of carboxylic acids is 2. The summed E-state index contributed by atoms with van der Waals surface area (Å²) in [5.74, 6) is 1.41. The first-order valence-electron chi connectivity index (χ1n) is 43.9. The Labute approximate surface area is 819 Å². The monoisotopic (exact) mass is 2020 g/mol. The van der Waals surface area contributed by atoms with Crippen LogP contribution < -0.4 is 52.1 Å². The number of ether oxygens (including phenoxy) is 15. The van der Waals surface area contributed by atoms with Gasteiger partial charge in [-0.3, -0.25) is 57.5 Å². The molecule has 12 aromatic rings. The third-order valence-corrected chi connectivity index (χ3v) is 27.0. The van der Waals surface area contributed by atoms with E-state index in [4.69, 9.17) is 86.4 Å². The number of Topliss-reactive ketones (excluding diaryl/α,β-unsaturated/α-hetero) is 3. The highest BCUT2D eigenvalue weighted by Crippen LogP contribution is 2.44. The summed E-state index contributed by atoms with van der Waals surface area (Å²) in [6, 6.07) is 32.1. The number of benzene rings is 6. The van der Waals surface area contributed by atoms with Crippen LogP contribution in [0.3, 0.4) is 0 Å². The maximum atomic E-state index is 13.0. The van der Waals surface area contributed by atoms with E-state index in [1.54, 1.807) is 125 Å². The average molecular weight is 2020 g/mol. The van der Waals surface area contributed by atoms with Gasteiger partial charge in [-0.05, 0) is 133 Å². The Morgan fingerprint density at radius 2 is 0.507 bits per heavy atom. The highest BCUT2D eigenvalue weighted by atomic mass is 32.1. The first-order valence-corrected chi connectivity index (χ1v) is 48.8. The molecule has 0 bridgehead atoms. The first-order chi connectivity index (χ1) is 66.3. The number of ketones is 3. The smallest absolute Gasteiger partial charge is 0.307 e. The number of carbonyl (C=O) groups is 12. The van der Waals surface area contributed by atoms with Crippen LogP contribution in [0.15, 0.2) is 109 Å². The number of aliphatic carboxylic acids is 2. The number of phenolic OH excluding ortho intramolecular Hbond substituents is 1. The number of thiophene rings is 6. The van der Waals surface area contributed by atoms with Crippen molar-refractivity contribution in [3.05, 3.63) is 138 Å². The number of esters is 4. The first kappa shape index (κ1) is 109. The number of fused-ring (bicyclic) bond motifs is 6. The molecule has 34 nitrogen and oxygen atoms in total. The van der Waals surface area contributed by atoms with Crippen molar-refractivity contribution in [2.24, 2.45) is 0 Å². The number of phenols is 1. The van der Waals surface area contributed by atoms with Crippen LogP contribution >= 0.6 is 68.0 Å². The number of rotatable bonds is 50. The molecule has 0 atom stereocenters. The van der Waals surface area contributed by atoms with E-state index < -0.39 is 11.9 Å². The maximum Gasteiger partial charge on any atom is 0.307 e.